The molecule has 25 heavy (non-hydrogen) atoms. The first-order valence-electron chi connectivity index (χ1n) is 10.4. The zero-order chi connectivity index (χ0) is 17.6. The van der Waals surface area contributed by atoms with E-state index in [0.717, 1.165) is 44.7 Å². The Morgan fingerprint density at radius 3 is 2.52 bits per heavy atom. The van der Waals surface area contributed by atoms with Gasteiger partial charge >= 0.3 is 0 Å². The summed E-state index contributed by atoms with van der Waals surface area (Å²) in [5.74, 6) is 1.52. The Kier molecular flexibility index (Phi) is 4.78. The van der Waals surface area contributed by atoms with E-state index in [1.54, 1.807) is 6.92 Å². The van der Waals surface area contributed by atoms with Crippen molar-refractivity contribution in [1.29, 1.82) is 0 Å². The summed E-state index contributed by atoms with van der Waals surface area (Å²) >= 11 is 0. The molecule has 2 aliphatic heterocycles. The second kappa shape index (κ2) is 6.90. The van der Waals surface area contributed by atoms with E-state index in [-0.39, 0.29) is 30.0 Å². The lowest BCUT2D eigenvalue weighted by Crippen LogP contribution is -2.67. The fourth-order valence-corrected chi connectivity index (χ4v) is 6.15. The Morgan fingerprint density at radius 1 is 1.00 bits per heavy atom. The number of carbonyl (C=O) groups excluding carboxylic acids is 2. The Labute approximate surface area is 151 Å². The second-order valence-electron chi connectivity index (χ2n) is 8.80. The van der Waals surface area contributed by atoms with E-state index in [4.69, 9.17) is 0 Å². The van der Waals surface area contributed by atoms with Gasteiger partial charge in [0.2, 0.25) is 11.8 Å². The van der Waals surface area contributed by atoms with Gasteiger partial charge in [-0.25, -0.2) is 0 Å². The zero-order valence-electron chi connectivity index (χ0n) is 15.7. The molecule has 4 rings (SSSR count). The van der Waals surface area contributed by atoms with Crippen molar-refractivity contribution in [2.75, 3.05) is 13.1 Å². The summed E-state index contributed by atoms with van der Waals surface area (Å²) in [5, 5.41) is 3.61. The average molecular weight is 348 g/mol. The number of hydrogen-bond donors (Lipinski definition) is 1. The van der Waals surface area contributed by atoms with Crippen molar-refractivity contribution in [3.63, 3.8) is 0 Å². The summed E-state index contributed by atoms with van der Waals surface area (Å²) in [6.45, 7) is 5.64. The van der Waals surface area contributed by atoms with E-state index < -0.39 is 0 Å². The standard InChI is InChI=1S/C20H33N3O2/c1-13-12-22(18-5-3-4-6-19(18)23(13)14(2)24)20(25)16-8-7-15-9-10-21-17(15)11-16/h13,15-19,21H,3-12H2,1-2H3/t13-,15?,16?,17?,18?,19?/m0/s1. The third-order valence-electron chi connectivity index (χ3n) is 7.30. The lowest BCUT2D eigenvalue weighted by atomic mass is 9.77. The molecule has 2 saturated carbocycles. The predicted octanol–water partition coefficient (Wildman–Crippen LogP) is 2.16. The highest BCUT2D eigenvalue weighted by atomic mass is 16.2. The normalized spacial score (nSPS) is 41.2. The van der Waals surface area contributed by atoms with Crippen LogP contribution in [0.4, 0.5) is 0 Å². The number of fused-ring (bicyclic) bond motifs is 2. The molecule has 0 radical (unpaired) electrons. The van der Waals surface area contributed by atoms with Crippen molar-refractivity contribution < 1.29 is 9.59 Å². The van der Waals surface area contributed by atoms with Gasteiger partial charge in [0.25, 0.3) is 0 Å². The molecule has 5 unspecified atom stereocenters. The molecule has 5 nitrogen and oxygen atoms in total. The summed E-state index contributed by atoms with van der Waals surface area (Å²) in [6.07, 6.45) is 9.02. The summed E-state index contributed by atoms with van der Waals surface area (Å²) in [5.41, 5.74) is 0. The van der Waals surface area contributed by atoms with Gasteiger partial charge in [-0.1, -0.05) is 12.8 Å². The quantitative estimate of drug-likeness (QED) is 0.791. The Morgan fingerprint density at radius 2 is 1.76 bits per heavy atom. The molecular weight excluding hydrogens is 314 g/mol. The summed E-state index contributed by atoms with van der Waals surface area (Å²) < 4.78 is 0. The van der Waals surface area contributed by atoms with E-state index >= 15 is 0 Å². The first-order valence-corrected chi connectivity index (χ1v) is 10.4. The van der Waals surface area contributed by atoms with Crippen molar-refractivity contribution in [1.82, 2.24) is 15.1 Å². The number of nitrogens with one attached hydrogen (secondary N) is 1. The van der Waals surface area contributed by atoms with Crippen molar-refractivity contribution >= 4 is 11.8 Å². The third kappa shape index (κ3) is 3.09. The number of hydrogen-bond acceptors (Lipinski definition) is 3. The molecule has 5 heteroatoms. The number of rotatable bonds is 1. The Balaban J connectivity index is 1.50. The van der Waals surface area contributed by atoms with Gasteiger partial charge in [0.15, 0.2) is 0 Å². The maximum absolute atomic E-state index is 13.4. The van der Waals surface area contributed by atoms with Crippen LogP contribution in [0.25, 0.3) is 0 Å². The van der Waals surface area contributed by atoms with Gasteiger partial charge in [0, 0.05) is 31.5 Å². The van der Waals surface area contributed by atoms with Crippen molar-refractivity contribution in [2.24, 2.45) is 11.8 Å². The molecule has 1 N–H and O–H groups in total. The number of carbonyl (C=O) groups is 2. The summed E-state index contributed by atoms with van der Waals surface area (Å²) in [6, 6.07) is 1.18. The van der Waals surface area contributed by atoms with Crippen LogP contribution in [0.1, 0.15) is 65.2 Å². The topological polar surface area (TPSA) is 52.7 Å². The fourth-order valence-electron chi connectivity index (χ4n) is 6.15. The molecule has 0 spiro atoms. The second-order valence-corrected chi connectivity index (χ2v) is 8.80. The van der Waals surface area contributed by atoms with Crippen LogP contribution in [0.15, 0.2) is 0 Å². The SMILES string of the molecule is CC(=O)N1C2CCCCC2N(C(=O)C2CCC3CCNC3C2)C[C@@H]1C. The molecule has 2 heterocycles. The summed E-state index contributed by atoms with van der Waals surface area (Å²) in [7, 11) is 0. The number of piperazine rings is 1. The van der Waals surface area contributed by atoms with Gasteiger partial charge in [-0.05, 0) is 57.9 Å². The molecular formula is C20H33N3O2. The zero-order valence-corrected chi connectivity index (χ0v) is 15.7. The molecule has 2 amide bonds. The van der Waals surface area contributed by atoms with Crippen LogP contribution < -0.4 is 5.32 Å². The van der Waals surface area contributed by atoms with Crippen molar-refractivity contribution in [2.45, 2.75) is 89.4 Å². The van der Waals surface area contributed by atoms with Crippen LogP contribution in [0, 0.1) is 11.8 Å². The monoisotopic (exact) mass is 347 g/mol. The van der Waals surface area contributed by atoms with Gasteiger partial charge in [0.1, 0.15) is 0 Å². The van der Waals surface area contributed by atoms with E-state index in [1.165, 1.54) is 25.7 Å². The van der Waals surface area contributed by atoms with Gasteiger partial charge < -0.3 is 15.1 Å². The van der Waals surface area contributed by atoms with Gasteiger partial charge in [-0.2, -0.15) is 0 Å². The highest BCUT2D eigenvalue weighted by Gasteiger charge is 2.46. The highest BCUT2D eigenvalue weighted by molar-refractivity contribution is 5.80. The molecule has 0 aromatic carbocycles. The largest absolute Gasteiger partial charge is 0.335 e. The molecule has 4 fully saturated rings. The molecule has 0 aromatic heterocycles. The smallest absolute Gasteiger partial charge is 0.226 e. The minimum absolute atomic E-state index is 0.141. The molecule has 2 aliphatic carbocycles. The lowest BCUT2D eigenvalue weighted by Gasteiger charge is -2.53. The minimum atomic E-state index is 0.141. The van der Waals surface area contributed by atoms with Gasteiger partial charge in [0.05, 0.1) is 12.1 Å². The minimum Gasteiger partial charge on any atom is -0.335 e. The summed E-state index contributed by atoms with van der Waals surface area (Å²) in [4.78, 5) is 29.9. The molecule has 4 aliphatic rings. The fraction of sp³-hybridized carbons (Fsp3) is 0.900. The van der Waals surface area contributed by atoms with E-state index in [0.29, 0.717) is 11.9 Å². The first-order chi connectivity index (χ1) is 12.1. The Hall–Kier alpha value is -1.10. The Bertz CT molecular complexity index is 537. The maximum Gasteiger partial charge on any atom is 0.226 e. The van der Waals surface area contributed by atoms with Crippen molar-refractivity contribution in [3.8, 4) is 0 Å². The van der Waals surface area contributed by atoms with Crippen LogP contribution in [0.5, 0.6) is 0 Å². The highest BCUT2D eigenvalue weighted by Crippen LogP contribution is 2.38. The van der Waals surface area contributed by atoms with E-state index in [1.807, 2.05) is 0 Å². The van der Waals surface area contributed by atoms with Crippen LogP contribution >= 0.6 is 0 Å². The molecule has 0 bridgehead atoms. The molecule has 6 atom stereocenters. The van der Waals surface area contributed by atoms with Crippen LogP contribution in [0.2, 0.25) is 0 Å². The van der Waals surface area contributed by atoms with Crippen molar-refractivity contribution in [3.05, 3.63) is 0 Å². The maximum atomic E-state index is 13.4. The predicted molar refractivity (Wildman–Crippen MR) is 97.0 cm³/mol. The number of nitrogens with zero attached hydrogens (tertiary/aromatic N) is 2. The van der Waals surface area contributed by atoms with E-state index in [2.05, 4.69) is 22.0 Å². The van der Waals surface area contributed by atoms with Gasteiger partial charge in [-0.15, -0.1) is 0 Å². The average Bonchev–Trinajstić information content (AvgIpc) is 3.07. The molecule has 0 aromatic rings. The van der Waals surface area contributed by atoms with Crippen LogP contribution in [-0.2, 0) is 9.59 Å². The first kappa shape index (κ1) is 17.3. The number of amides is 2. The van der Waals surface area contributed by atoms with Gasteiger partial charge in [-0.3, -0.25) is 9.59 Å². The third-order valence-corrected chi connectivity index (χ3v) is 7.30. The molecule has 2 saturated heterocycles. The lowest BCUT2D eigenvalue weighted by molar-refractivity contribution is -0.156. The van der Waals surface area contributed by atoms with Crippen LogP contribution in [0.3, 0.4) is 0 Å². The van der Waals surface area contributed by atoms with E-state index in [9.17, 15) is 9.59 Å². The molecule has 140 valence electrons. The van der Waals surface area contributed by atoms with Crippen LogP contribution in [-0.4, -0.2) is 58.9 Å².